The van der Waals surface area contributed by atoms with Crippen LogP contribution in [0.2, 0.25) is 0 Å². The number of amides is 1. The molecule has 1 heterocycles. The first kappa shape index (κ1) is 15.4. The van der Waals surface area contributed by atoms with Crippen molar-refractivity contribution in [1.29, 1.82) is 0 Å². The van der Waals surface area contributed by atoms with Gasteiger partial charge in [0.15, 0.2) is 0 Å². The minimum absolute atomic E-state index is 0.0227. The Kier molecular flexibility index (Phi) is 3.73. The summed E-state index contributed by atoms with van der Waals surface area (Å²) in [6, 6.07) is 11.1. The Labute approximate surface area is 134 Å². The first-order chi connectivity index (χ1) is 11.0. The van der Waals surface area contributed by atoms with E-state index in [2.05, 4.69) is 0 Å². The molecule has 2 aromatic rings. The SMILES string of the molecule is COc1cc(OC)cc(N2C(=O)Cc3ccccc3S2(=O)=O)c1. The Hall–Kier alpha value is -2.54. The van der Waals surface area contributed by atoms with Gasteiger partial charge in [-0.3, -0.25) is 4.79 Å². The molecule has 0 fully saturated rings. The zero-order chi connectivity index (χ0) is 16.6. The molecule has 0 saturated carbocycles. The fraction of sp³-hybridized carbons (Fsp3) is 0.188. The highest BCUT2D eigenvalue weighted by molar-refractivity contribution is 7.93. The maximum atomic E-state index is 12.8. The number of nitrogens with zero attached hydrogens (tertiary/aromatic N) is 1. The molecular weight excluding hydrogens is 318 g/mol. The smallest absolute Gasteiger partial charge is 0.271 e. The second-order valence-corrected chi connectivity index (χ2v) is 6.77. The van der Waals surface area contributed by atoms with Gasteiger partial charge in [-0.25, -0.2) is 12.7 Å². The number of methoxy groups -OCH3 is 2. The summed E-state index contributed by atoms with van der Waals surface area (Å²) in [7, 11) is -1.04. The average Bonchev–Trinajstić information content (AvgIpc) is 2.54. The predicted molar refractivity (Wildman–Crippen MR) is 84.4 cm³/mol. The lowest BCUT2D eigenvalue weighted by atomic mass is 10.1. The van der Waals surface area contributed by atoms with Crippen LogP contribution < -0.4 is 13.8 Å². The van der Waals surface area contributed by atoms with E-state index < -0.39 is 15.9 Å². The number of fused-ring (bicyclic) bond motifs is 1. The maximum absolute atomic E-state index is 12.8. The number of benzene rings is 2. The highest BCUT2D eigenvalue weighted by atomic mass is 32.2. The lowest BCUT2D eigenvalue weighted by Gasteiger charge is -2.28. The molecule has 0 radical (unpaired) electrons. The first-order valence-corrected chi connectivity index (χ1v) is 8.30. The molecule has 120 valence electrons. The standard InChI is InChI=1S/C16H15NO5S/c1-21-13-8-12(9-14(10-13)22-2)17-16(18)7-11-5-3-4-6-15(11)23(17,19)20/h3-6,8-10H,7H2,1-2H3. The zero-order valence-corrected chi connectivity index (χ0v) is 13.5. The van der Waals surface area contributed by atoms with Gasteiger partial charge in [0.2, 0.25) is 5.91 Å². The normalized spacial score (nSPS) is 15.9. The summed E-state index contributed by atoms with van der Waals surface area (Å²) in [6.45, 7) is 0. The van der Waals surface area contributed by atoms with Crippen LogP contribution in [0.15, 0.2) is 47.4 Å². The van der Waals surface area contributed by atoms with Crippen LogP contribution in [-0.4, -0.2) is 28.5 Å². The van der Waals surface area contributed by atoms with Crippen LogP contribution in [-0.2, 0) is 21.2 Å². The van der Waals surface area contributed by atoms with Crippen molar-refractivity contribution in [3.8, 4) is 11.5 Å². The lowest BCUT2D eigenvalue weighted by molar-refractivity contribution is -0.117. The van der Waals surface area contributed by atoms with E-state index in [1.54, 1.807) is 24.3 Å². The summed E-state index contributed by atoms with van der Waals surface area (Å²) in [5, 5.41) is 0. The number of hydrogen-bond acceptors (Lipinski definition) is 5. The van der Waals surface area contributed by atoms with Crippen molar-refractivity contribution < 1.29 is 22.7 Å². The number of carbonyl (C=O) groups is 1. The molecule has 1 amide bonds. The number of hydrogen-bond donors (Lipinski definition) is 0. The van der Waals surface area contributed by atoms with E-state index in [9.17, 15) is 13.2 Å². The van der Waals surface area contributed by atoms with Gasteiger partial charge in [-0.05, 0) is 11.6 Å². The van der Waals surface area contributed by atoms with Gasteiger partial charge in [-0.1, -0.05) is 18.2 Å². The van der Waals surface area contributed by atoms with Gasteiger partial charge in [-0.2, -0.15) is 0 Å². The monoisotopic (exact) mass is 333 g/mol. The van der Waals surface area contributed by atoms with Crippen LogP contribution in [0.4, 0.5) is 5.69 Å². The third kappa shape index (κ3) is 2.53. The second kappa shape index (κ2) is 5.58. The van der Waals surface area contributed by atoms with Gasteiger partial charge in [0.1, 0.15) is 11.5 Å². The largest absolute Gasteiger partial charge is 0.497 e. The molecule has 0 unspecified atom stereocenters. The Balaban J connectivity index is 2.19. The molecule has 3 rings (SSSR count). The Bertz CT molecular complexity index is 854. The fourth-order valence-corrected chi connectivity index (χ4v) is 4.20. The average molecular weight is 333 g/mol. The molecule has 0 aromatic heterocycles. The number of ether oxygens (including phenoxy) is 2. The second-order valence-electron chi connectivity index (χ2n) is 5.02. The van der Waals surface area contributed by atoms with Crippen molar-refractivity contribution >= 4 is 21.6 Å². The van der Waals surface area contributed by atoms with E-state index in [1.165, 1.54) is 32.4 Å². The van der Waals surface area contributed by atoms with Crippen LogP contribution in [0, 0.1) is 0 Å². The maximum Gasteiger partial charge on any atom is 0.271 e. The number of carbonyl (C=O) groups excluding carboxylic acids is 1. The van der Waals surface area contributed by atoms with Gasteiger partial charge in [0.25, 0.3) is 10.0 Å². The Morgan fingerprint density at radius 2 is 1.61 bits per heavy atom. The van der Waals surface area contributed by atoms with Crippen LogP contribution in [0.25, 0.3) is 0 Å². The van der Waals surface area contributed by atoms with E-state index in [0.717, 1.165) is 4.31 Å². The van der Waals surface area contributed by atoms with Crippen molar-refractivity contribution in [3.63, 3.8) is 0 Å². The summed E-state index contributed by atoms with van der Waals surface area (Å²) in [5.41, 5.74) is 0.698. The van der Waals surface area contributed by atoms with E-state index in [1.807, 2.05) is 0 Å². The summed E-state index contributed by atoms with van der Waals surface area (Å²) < 4.78 is 36.8. The van der Waals surface area contributed by atoms with Gasteiger partial charge in [0, 0.05) is 18.2 Å². The quantitative estimate of drug-likeness (QED) is 0.859. The van der Waals surface area contributed by atoms with Gasteiger partial charge >= 0.3 is 0 Å². The Morgan fingerprint density at radius 3 is 2.22 bits per heavy atom. The molecule has 1 aliphatic heterocycles. The van der Waals surface area contributed by atoms with Crippen LogP contribution in [0.1, 0.15) is 5.56 Å². The minimum Gasteiger partial charge on any atom is -0.497 e. The van der Waals surface area contributed by atoms with E-state index in [0.29, 0.717) is 17.1 Å². The number of anilines is 1. The van der Waals surface area contributed by atoms with Gasteiger partial charge in [-0.15, -0.1) is 0 Å². The highest BCUT2D eigenvalue weighted by Crippen LogP contribution is 2.35. The lowest BCUT2D eigenvalue weighted by Crippen LogP contribution is -2.42. The van der Waals surface area contributed by atoms with Crippen molar-refractivity contribution in [2.75, 3.05) is 18.5 Å². The van der Waals surface area contributed by atoms with Crippen molar-refractivity contribution in [3.05, 3.63) is 48.0 Å². The molecule has 1 aliphatic rings. The molecule has 6 nitrogen and oxygen atoms in total. The zero-order valence-electron chi connectivity index (χ0n) is 12.6. The topological polar surface area (TPSA) is 72.9 Å². The molecule has 23 heavy (non-hydrogen) atoms. The van der Waals surface area contributed by atoms with Crippen molar-refractivity contribution in [2.24, 2.45) is 0 Å². The number of rotatable bonds is 3. The molecule has 0 bridgehead atoms. The van der Waals surface area contributed by atoms with Gasteiger partial charge < -0.3 is 9.47 Å². The number of sulfonamides is 1. The van der Waals surface area contributed by atoms with E-state index in [-0.39, 0.29) is 17.0 Å². The van der Waals surface area contributed by atoms with Crippen LogP contribution >= 0.6 is 0 Å². The fourth-order valence-electron chi connectivity index (χ4n) is 2.56. The van der Waals surface area contributed by atoms with Crippen molar-refractivity contribution in [2.45, 2.75) is 11.3 Å². The molecule has 0 saturated heterocycles. The molecule has 0 spiro atoms. The third-order valence-electron chi connectivity index (χ3n) is 3.63. The predicted octanol–water partition coefficient (Wildman–Crippen LogP) is 1.98. The Morgan fingerprint density at radius 1 is 1.00 bits per heavy atom. The van der Waals surface area contributed by atoms with Crippen molar-refractivity contribution in [1.82, 2.24) is 0 Å². The molecule has 7 heteroatoms. The molecule has 0 aliphatic carbocycles. The van der Waals surface area contributed by atoms with E-state index in [4.69, 9.17) is 9.47 Å². The third-order valence-corrected chi connectivity index (χ3v) is 5.48. The minimum atomic E-state index is -3.96. The van der Waals surface area contributed by atoms with Crippen LogP contribution in [0.5, 0.6) is 11.5 Å². The summed E-state index contributed by atoms with van der Waals surface area (Å²) >= 11 is 0. The summed E-state index contributed by atoms with van der Waals surface area (Å²) in [5.74, 6) is 0.293. The first-order valence-electron chi connectivity index (χ1n) is 6.86. The van der Waals surface area contributed by atoms with Gasteiger partial charge in [0.05, 0.1) is 31.2 Å². The van der Waals surface area contributed by atoms with E-state index >= 15 is 0 Å². The molecule has 0 atom stereocenters. The highest BCUT2D eigenvalue weighted by Gasteiger charge is 2.37. The summed E-state index contributed by atoms with van der Waals surface area (Å²) in [6.07, 6.45) is 0.0227. The van der Waals surface area contributed by atoms with Crippen LogP contribution in [0.3, 0.4) is 0 Å². The molecule has 2 aromatic carbocycles. The summed E-state index contributed by atoms with van der Waals surface area (Å²) in [4.78, 5) is 12.6. The molecule has 0 N–H and O–H groups in total. The molecular formula is C16H15NO5S.